The van der Waals surface area contributed by atoms with Crippen molar-refractivity contribution in [1.29, 1.82) is 0 Å². The van der Waals surface area contributed by atoms with E-state index in [1.165, 1.54) is 167 Å². The summed E-state index contributed by atoms with van der Waals surface area (Å²) < 4.78 is 13.7. The van der Waals surface area contributed by atoms with E-state index in [0.29, 0.717) is 0 Å². The third-order valence-corrected chi connectivity index (χ3v) is 21.2. The number of aromatic amines is 1. The zero-order valence-electron chi connectivity index (χ0n) is 49.1. The molecule has 0 radical (unpaired) electrons. The Bertz CT molecular complexity index is 6000. The molecular weight excluding hydrogens is 1210 g/mol. The van der Waals surface area contributed by atoms with E-state index in [9.17, 15) is 0 Å². The van der Waals surface area contributed by atoms with Crippen LogP contribution in [0.3, 0.4) is 0 Å². The van der Waals surface area contributed by atoms with Crippen LogP contribution in [0.25, 0.3) is 167 Å². The fourth-order valence-electron chi connectivity index (χ4n) is 14.1. The first kappa shape index (κ1) is 53.2. The maximum absolute atomic E-state index is 3.59. The summed E-state index contributed by atoms with van der Waals surface area (Å²) in [6.45, 7) is 0. The number of hydrogen-bond acceptors (Lipinski definition) is 2. The number of H-pyrrole nitrogens is 1. The molecule has 428 valence electrons. The molecule has 0 amide bonds. The summed E-state index contributed by atoms with van der Waals surface area (Å²) in [5.41, 5.74) is 18.4. The van der Waals surface area contributed by atoms with Crippen molar-refractivity contribution in [2.75, 3.05) is 0 Å². The lowest BCUT2D eigenvalue weighted by Crippen LogP contribution is -1.94. The molecule has 1 N–H and O–H groups in total. The molecule has 0 unspecified atom stereocenters. The number of thiophene rings is 2. The van der Waals surface area contributed by atoms with E-state index in [0.717, 1.165) is 4.47 Å². The largest absolute Gasteiger partial charge is 0.353 e. The molecule has 0 saturated heterocycles. The molecular formula is C84H53BrN4S2. The van der Waals surface area contributed by atoms with Crippen molar-refractivity contribution in [1.82, 2.24) is 18.7 Å². The first-order chi connectivity index (χ1) is 45.1. The number of hydrogen-bond donors (Lipinski definition) is 1. The Morgan fingerprint density at radius 2 is 0.560 bits per heavy atom. The normalized spacial score (nSPS) is 11.8. The Morgan fingerprint density at radius 1 is 0.242 bits per heavy atom. The van der Waals surface area contributed by atoms with Gasteiger partial charge < -0.3 is 18.7 Å². The van der Waals surface area contributed by atoms with Gasteiger partial charge in [0, 0.05) is 101 Å². The second-order valence-corrected chi connectivity index (χ2v) is 26.3. The third kappa shape index (κ3) is 8.83. The number of halogens is 1. The molecule has 0 aliphatic carbocycles. The van der Waals surface area contributed by atoms with Crippen molar-refractivity contribution >= 4 is 166 Å². The van der Waals surface area contributed by atoms with Crippen molar-refractivity contribution in [2.45, 2.75) is 0 Å². The second kappa shape index (κ2) is 21.8. The van der Waals surface area contributed by atoms with E-state index in [1.54, 1.807) is 0 Å². The molecule has 91 heavy (non-hydrogen) atoms. The molecule has 20 rings (SSSR count). The smallest absolute Gasteiger partial charge is 0.0719 e. The van der Waals surface area contributed by atoms with Gasteiger partial charge in [0.05, 0.1) is 48.0 Å². The van der Waals surface area contributed by atoms with Crippen LogP contribution >= 0.6 is 38.6 Å². The quantitative estimate of drug-likeness (QED) is 0.178. The van der Waals surface area contributed by atoms with Gasteiger partial charge in [-0.2, -0.15) is 0 Å². The monoisotopic (exact) mass is 1260 g/mol. The molecule has 0 aliphatic heterocycles. The van der Waals surface area contributed by atoms with Crippen molar-refractivity contribution in [3.05, 3.63) is 320 Å². The summed E-state index contributed by atoms with van der Waals surface area (Å²) >= 11 is 7.27. The SMILES string of the molecule is Brc1ccc(-c2ccc(-n3c4ccccc4c4ccccc43)cc2)cc1.c1ccc2c(c1)[nH]c1c2ccc2c3ccccc3sc21.c1ccc2c(c1)sc1c2ccc2c3ccccc3n(-c3ccc(-c4ccc(-n5c6ccccc6c6ccccc65)cc4)cc3)c21. The van der Waals surface area contributed by atoms with Gasteiger partial charge in [-0.1, -0.05) is 234 Å². The second-order valence-electron chi connectivity index (χ2n) is 23.3. The number of nitrogens with one attached hydrogen (secondary N) is 1. The van der Waals surface area contributed by atoms with Crippen LogP contribution in [0.4, 0.5) is 0 Å². The van der Waals surface area contributed by atoms with E-state index in [4.69, 9.17) is 0 Å². The minimum Gasteiger partial charge on any atom is -0.353 e. The molecule has 0 bridgehead atoms. The molecule has 4 nitrogen and oxygen atoms in total. The number of fused-ring (bicyclic) bond motifs is 20. The summed E-state index contributed by atoms with van der Waals surface area (Å²) in [5, 5.41) is 15.7. The van der Waals surface area contributed by atoms with Gasteiger partial charge in [-0.3, -0.25) is 0 Å². The van der Waals surface area contributed by atoms with Crippen molar-refractivity contribution in [3.8, 4) is 39.3 Å². The Balaban J connectivity index is 0.000000112. The van der Waals surface area contributed by atoms with E-state index < -0.39 is 0 Å². The Kier molecular flexibility index (Phi) is 12.7. The summed E-state index contributed by atoms with van der Waals surface area (Å²) in [6.07, 6.45) is 0. The molecule has 0 saturated carbocycles. The molecule has 0 aliphatic rings. The zero-order chi connectivity index (χ0) is 60.1. The highest BCUT2D eigenvalue weighted by atomic mass is 79.9. The molecule has 6 heterocycles. The molecule has 0 fully saturated rings. The zero-order valence-corrected chi connectivity index (χ0v) is 52.3. The number of para-hydroxylation sites is 6. The van der Waals surface area contributed by atoms with Crippen LogP contribution in [0.1, 0.15) is 0 Å². The minimum absolute atomic E-state index is 1.10. The minimum atomic E-state index is 1.10. The fraction of sp³-hybridized carbons (Fsp3) is 0. The molecule has 7 heteroatoms. The highest BCUT2D eigenvalue weighted by Crippen LogP contribution is 2.45. The van der Waals surface area contributed by atoms with Gasteiger partial charge in [0.1, 0.15) is 0 Å². The molecule has 14 aromatic carbocycles. The Labute approximate surface area is 540 Å². The van der Waals surface area contributed by atoms with Gasteiger partial charge in [-0.25, -0.2) is 0 Å². The lowest BCUT2D eigenvalue weighted by Gasteiger charge is -2.11. The average molecular weight is 1260 g/mol. The molecule has 0 atom stereocenters. The van der Waals surface area contributed by atoms with E-state index in [1.807, 2.05) is 22.7 Å². The van der Waals surface area contributed by atoms with Gasteiger partial charge in [-0.05, 0) is 119 Å². The van der Waals surface area contributed by atoms with Gasteiger partial charge in [-0.15, -0.1) is 22.7 Å². The van der Waals surface area contributed by atoms with Gasteiger partial charge in [0.25, 0.3) is 0 Å². The standard InChI is InChI=1S/C42H26N2S.C24H16BrN.C18H11NS/c1-5-13-37-31(9-1)32-10-2-6-14-38(32)43(37)29-21-17-27(18-22-29)28-19-23-30(24-20-28)44-39-15-7-3-11-33(39)35-25-26-36-34-12-4-8-16-40(34)45-42(36)41(35)44;25-19-13-9-17(10-14-19)18-11-15-20(16-12-18)26-23-7-3-1-5-21(23)22-6-2-4-8-24(22)26;1-3-7-15-11(5-1)13-9-10-14-12-6-2-4-8-16(12)20-18(14)17(13)19-15/h1-26H;1-16H;1-10,19H. The highest BCUT2D eigenvalue weighted by molar-refractivity contribution is 9.10. The first-order valence-corrected chi connectivity index (χ1v) is 33.2. The molecule has 6 aromatic heterocycles. The fourth-order valence-corrected chi connectivity index (χ4v) is 16.8. The number of rotatable bonds is 5. The number of aromatic nitrogens is 4. The topological polar surface area (TPSA) is 30.6 Å². The summed E-state index contributed by atoms with van der Waals surface area (Å²) in [6, 6.07) is 114. The Hall–Kier alpha value is -10.8. The number of nitrogens with zero attached hydrogens (tertiary/aromatic N) is 3. The summed E-state index contributed by atoms with van der Waals surface area (Å²) in [5.74, 6) is 0. The van der Waals surface area contributed by atoms with Crippen LogP contribution in [0, 0.1) is 0 Å². The van der Waals surface area contributed by atoms with Gasteiger partial charge in [0.15, 0.2) is 0 Å². The van der Waals surface area contributed by atoms with Gasteiger partial charge >= 0.3 is 0 Å². The highest BCUT2D eigenvalue weighted by Gasteiger charge is 2.19. The van der Waals surface area contributed by atoms with Crippen molar-refractivity contribution in [2.24, 2.45) is 0 Å². The third-order valence-electron chi connectivity index (χ3n) is 18.3. The summed E-state index contributed by atoms with van der Waals surface area (Å²) in [7, 11) is 0. The number of benzene rings is 14. The van der Waals surface area contributed by atoms with Crippen molar-refractivity contribution in [3.63, 3.8) is 0 Å². The van der Waals surface area contributed by atoms with Crippen molar-refractivity contribution < 1.29 is 0 Å². The molecule has 0 spiro atoms. The lowest BCUT2D eigenvalue weighted by atomic mass is 10.0. The maximum Gasteiger partial charge on any atom is 0.0719 e. The van der Waals surface area contributed by atoms with Crippen LogP contribution in [0.5, 0.6) is 0 Å². The van der Waals surface area contributed by atoms with Crippen LogP contribution in [0.2, 0.25) is 0 Å². The predicted octanol–water partition coefficient (Wildman–Crippen LogP) is 24.8. The maximum atomic E-state index is 3.59. The van der Waals surface area contributed by atoms with E-state index in [2.05, 4.69) is 350 Å². The molecule has 20 aromatic rings. The van der Waals surface area contributed by atoms with Crippen LogP contribution in [-0.2, 0) is 0 Å². The average Bonchev–Trinajstić information content (AvgIpc) is 1.60. The van der Waals surface area contributed by atoms with Crippen LogP contribution in [0.15, 0.2) is 320 Å². The van der Waals surface area contributed by atoms with Crippen LogP contribution < -0.4 is 0 Å². The lowest BCUT2D eigenvalue weighted by molar-refractivity contribution is 1.18. The predicted molar refractivity (Wildman–Crippen MR) is 396 cm³/mol. The van der Waals surface area contributed by atoms with E-state index >= 15 is 0 Å². The van der Waals surface area contributed by atoms with E-state index in [-0.39, 0.29) is 0 Å². The first-order valence-electron chi connectivity index (χ1n) is 30.7. The van der Waals surface area contributed by atoms with Crippen LogP contribution in [-0.4, -0.2) is 18.7 Å². The Morgan fingerprint density at radius 3 is 1.02 bits per heavy atom. The summed E-state index contributed by atoms with van der Waals surface area (Å²) in [4.78, 5) is 3.59. The van der Waals surface area contributed by atoms with Gasteiger partial charge in [0.2, 0.25) is 0 Å².